The summed E-state index contributed by atoms with van der Waals surface area (Å²) in [5, 5.41) is 65.5. The number of rotatable bonds is 29. The number of aromatic amines is 1. The third-order valence-electron chi connectivity index (χ3n) is 10.4. The second-order valence-corrected chi connectivity index (χ2v) is 18.6. The Labute approximate surface area is 358 Å². The lowest BCUT2D eigenvalue weighted by atomic mass is 9.96. The van der Waals surface area contributed by atoms with Crippen molar-refractivity contribution in [2.24, 2.45) is 0 Å². The summed E-state index contributed by atoms with van der Waals surface area (Å²) in [5.41, 5.74) is -1.80. The van der Waals surface area contributed by atoms with Gasteiger partial charge in [-0.1, -0.05) is 90.9 Å². The van der Waals surface area contributed by atoms with Crippen LogP contribution >= 0.6 is 15.6 Å². The zero-order valence-electron chi connectivity index (χ0n) is 35.1. The Balaban J connectivity index is 1.74. The van der Waals surface area contributed by atoms with Crippen LogP contribution in [0, 0.1) is 0 Å². The number of esters is 1. The first-order valence-corrected chi connectivity index (χ1v) is 24.1. The van der Waals surface area contributed by atoms with Crippen LogP contribution in [-0.4, -0.2) is 136 Å². The topological polar surface area (TPSA) is 352 Å². The van der Waals surface area contributed by atoms with E-state index in [0.29, 0.717) is 12.8 Å². The molecule has 10 N–H and O–H groups in total. The molecular formula is C37H65N3O20P2. The summed E-state index contributed by atoms with van der Waals surface area (Å²) >= 11 is 0. The highest BCUT2D eigenvalue weighted by molar-refractivity contribution is 7.61. The standard InChI is InChI=1S/C37H65N3O20P2/c1-3-5-7-9-10-12-14-15-23(42)19-28(45)38-30-34(58-29(46)20-24(43)16-13-11-8-6-4-2)32(48)25(21-41)57-36(30)59-62(53,54)60-61(51,52)55-22-26-31(47)33(49)35(56-26)40-18-17-27(44)39-37(40)50/h17-18,23-26,30-36,41-43,47-49H,3-16,19-22H2,1-2H3,(H,38,45)(H,51,52)(H,53,54)(H,39,44,50)/t23-,24-,25-,26-,30-,31-,32-,33-,34-,35-,36-/m1/s1. The van der Waals surface area contributed by atoms with Crippen molar-refractivity contribution in [1.29, 1.82) is 0 Å². The number of amides is 1. The number of aliphatic hydroxyl groups excluding tert-OH is 6. The molecule has 0 aromatic carbocycles. The zero-order chi connectivity index (χ0) is 46.0. The summed E-state index contributed by atoms with van der Waals surface area (Å²) in [6.07, 6.45) is -5.67. The van der Waals surface area contributed by atoms with Crippen LogP contribution < -0.4 is 16.6 Å². The van der Waals surface area contributed by atoms with Gasteiger partial charge in [-0.05, 0) is 12.8 Å². The van der Waals surface area contributed by atoms with Crippen LogP contribution in [0.25, 0.3) is 0 Å². The van der Waals surface area contributed by atoms with Crippen LogP contribution in [0.4, 0.5) is 0 Å². The van der Waals surface area contributed by atoms with E-state index in [1.54, 1.807) is 0 Å². The van der Waals surface area contributed by atoms with Gasteiger partial charge < -0.3 is 60.0 Å². The van der Waals surface area contributed by atoms with Crippen LogP contribution in [0.2, 0.25) is 0 Å². The molecule has 2 fully saturated rings. The van der Waals surface area contributed by atoms with E-state index in [0.717, 1.165) is 81.0 Å². The number of carbonyl (C=O) groups excluding carboxylic acids is 2. The fourth-order valence-electron chi connectivity index (χ4n) is 7.02. The van der Waals surface area contributed by atoms with Gasteiger partial charge in [0.05, 0.1) is 38.3 Å². The summed E-state index contributed by atoms with van der Waals surface area (Å²) < 4.78 is 57.4. The SMILES string of the molecule is CCCCCCCCC[C@@H](O)CC(=O)N[C@H]1[C@@H](OP(=O)(O)OP(=O)(O)OC[C@H]2O[C@@H](n3ccc(=O)[nH]c3=O)[C@H](O)[C@@H]2O)O[C@H](CO)[C@@H](O)[C@@H]1OC(=O)C[C@H](O)CCCCCCC. The average molecular weight is 934 g/mol. The third kappa shape index (κ3) is 17.9. The molecule has 13 atom stereocenters. The number of nitrogens with one attached hydrogen (secondary N) is 2. The van der Waals surface area contributed by atoms with E-state index in [4.69, 9.17) is 23.3 Å². The van der Waals surface area contributed by atoms with Gasteiger partial charge in [0.25, 0.3) is 5.56 Å². The molecule has 0 aliphatic carbocycles. The van der Waals surface area contributed by atoms with Gasteiger partial charge in [0.1, 0.15) is 36.6 Å². The molecule has 1 amide bonds. The van der Waals surface area contributed by atoms with Crippen molar-refractivity contribution in [2.45, 2.75) is 184 Å². The second kappa shape index (κ2) is 26.5. The normalized spacial score (nSPS) is 28.1. The lowest BCUT2D eigenvalue weighted by molar-refractivity contribution is -0.253. The minimum absolute atomic E-state index is 0.242. The Morgan fingerprint density at radius 1 is 0.823 bits per heavy atom. The number of hydrogen-bond acceptors (Lipinski definition) is 18. The van der Waals surface area contributed by atoms with E-state index in [1.165, 1.54) is 0 Å². The second-order valence-electron chi connectivity index (χ2n) is 15.6. The van der Waals surface area contributed by atoms with Gasteiger partial charge in [0, 0.05) is 12.3 Å². The maximum atomic E-state index is 13.3. The average Bonchev–Trinajstić information content (AvgIpc) is 3.47. The largest absolute Gasteiger partial charge is 0.483 e. The Hall–Kier alpha value is -2.44. The number of aromatic nitrogens is 2. The molecule has 23 nitrogen and oxygen atoms in total. The van der Waals surface area contributed by atoms with Crippen molar-refractivity contribution in [1.82, 2.24) is 14.9 Å². The molecule has 0 bridgehead atoms. The van der Waals surface area contributed by atoms with E-state index in [-0.39, 0.29) is 12.8 Å². The molecule has 1 aromatic rings. The number of nitrogens with zero attached hydrogens (tertiary/aromatic N) is 1. The smallest absolute Gasteiger partial charge is 0.457 e. The highest BCUT2D eigenvalue weighted by atomic mass is 31.3. The molecule has 1 aromatic heterocycles. The van der Waals surface area contributed by atoms with Crippen molar-refractivity contribution in [3.8, 4) is 0 Å². The number of hydrogen-bond donors (Lipinski definition) is 10. The lowest BCUT2D eigenvalue weighted by Gasteiger charge is -2.43. The fraction of sp³-hybridized carbons (Fsp3) is 0.838. The quantitative estimate of drug-likeness (QED) is 0.0303. The number of phosphoric ester groups is 2. The van der Waals surface area contributed by atoms with Crippen LogP contribution in [-0.2, 0) is 46.3 Å². The van der Waals surface area contributed by atoms with Gasteiger partial charge in [0.15, 0.2) is 18.6 Å². The first-order valence-electron chi connectivity index (χ1n) is 21.1. The van der Waals surface area contributed by atoms with Gasteiger partial charge in [-0.2, -0.15) is 4.31 Å². The maximum Gasteiger partial charge on any atom is 0.483 e. The molecule has 2 aliphatic heterocycles. The highest BCUT2D eigenvalue weighted by Crippen LogP contribution is 2.61. The monoisotopic (exact) mass is 933 g/mol. The number of phosphoric acid groups is 2. The Kier molecular flexibility index (Phi) is 23.0. The molecular weight excluding hydrogens is 868 g/mol. The molecule has 3 rings (SSSR count). The number of carbonyl (C=O) groups is 2. The van der Waals surface area contributed by atoms with Gasteiger partial charge in [-0.25, -0.2) is 13.9 Å². The van der Waals surface area contributed by atoms with Gasteiger partial charge in [-0.15, -0.1) is 0 Å². The summed E-state index contributed by atoms with van der Waals surface area (Å²) in [7, 11) is -11.6. The summed E-state index contributed by atoms with van der Waals surface area (Å²) in [4.78, 5) is 73.0. The maximum absolute atomic E-state index is 13.3. The predicted molar refractivity (Wildman–Crippen MR) is 216 cm³/mol. The van der Waals surface area contributed by atoms with Crippen LogP contribution in [0.5, 0.6) is 0 Å². The summed E-state index contributed by atoms with van der Waals surface area (Å²) in [6, 6.07) is -0.978. The molecule has 0 spiro atoms. The molecule has 3 heterocycles. The summed E-state index contributed by atoms with van der Waals surface area (Å²) in [5.74, 6) is -1.99. The van der Waals surface area contributed by atoms with Crippen LogP contribution in [0.15, 0.2) is 21.9 Å². The molecule has 25 heteroatoms. The zero-order valence-corrected chi connectivity index (χ0v) is 36.8. The predicted octanol–water partition coefficient (Wildman–Crippen LogP) is 0.884. The lowest BCUT2D eigenvalue weighted by Crippen LogP contribution is -2.65. The number of aliphatic hydroxyl groups is 6. The molecule has 0 saturated carbocycles. The molecule has 0 radical (unpaired) electrons. The van der Waals surface area contributed by atoms with E-state index < -0.39 is 132 Å². The van der Waals surface area contributed by atoms with Crippen molar-refractivity contribution in [3.05, 3.63) is 33.1 Å². The van der Waals surface area contributed by atoms with Crippen LogP contribution in [0.1, 0.15) is 123 Å². The first kappa shape index (κ1) is 53.9. The van der Waals surface area contributed by atoms with Crippen molar-refractivity contribution >= 4 is 27.5 Å². The minimum atomic E-state index is -5.88. The number of ether oxygens (including phenoxy) is 3. The Bertz CT molecular complexity index is 1730. The Morgan fingerprint density at radius 3 is 1.98 bits per heavy atom. The highest BCUT2D eigenvalue weighted by Gasteiger charge is 2.52. The molecule has 358 valence electrons. The Morgan fingerprint density at radius 2 is 1.40 bits per heavy atom. The molecule has 2 saturated heterocycles. The van der Waals surface area contributed by atoms with E-state index in [1.807, 2.05) is 11.9 Å². The van der Waals surface area contributed by atoms with Gasteiger partial charge in [0.2, 0.25) is 5.91 Å². The number of H-pyrrole nitrogens is 1. The van der Waals surface area contributed by atoms with E-state index in [9.17, 15) is 68.7 Å². The van der Waals surface area contributed by atoms with E-state index in [2.05, 4.69) is 16.6 Å². The fourth-order valence-corrected chi connectivity index (χ4v) is 9.19. The molecule has 2 unspecified atom stereocenters. The van der Waals surface area contributed by atoms with Crippen molar-refractivity contribution in [2.75, 3.05) is 13.2 Å². The van der Waals surface area contributed by atoms with Crippen LogP contribution in [0.3, 0.4) is 0 Å². The van der Waals surface area contributed by atoms with Crippen molar-refractivity contribution < 1.29 is 86.7 Å². The summed E-state index contributed by atoms with van der Waals surface area (Å²) in [6.45, 7) is 2.04. The molecule has 62 heavy (non-hydrogen) atoms. The molecule has 2 aliphatic rings. The first-order chi connectivity index (χ1) is 29.3. The van der Waals surface area contributed by atoms with Gasteiger partial charge >= 0.3 is 27.3 Å². The van der Waals surface area contributed by atoms with Crippen molar-refractivity contribution in [3.63, 3.8) is 0 Å². The van der Waals surface area contributed by atoms with Gasteiger partial charge in [-0.3, -0.25) is 33.0 Å². The third-order valence-corrected chi connectivity index (χ3v) is 13.0. The minimum Gasteiger partial charge on any atom is -0.457 e. The van der Waals surface area contributed by atoms with E-state index >= 15 is 0 Å². The number of unbranched alkanes of at least 4 members (excludes halogenated alkanes) is 10.